The normalized spacial score (nSPS) is 23.2. The van der Waals surface area contributed by atoms with Crippen LogP contribution < -0.4 is 11.5 Å². The third-order valence-corrected chi connectivity index (χ3v) is 12.9. The molecule has 0 aromatic carbocycles. The maximum atomic E-state index is 12.8. The number of rotatable bonds is 9. The number of hydrogen-bond donors (Lipinski definition) is 2. The van der Waals surface area contributed by atoms with Gasteiger partial charge in [-0.1, -0.05) is 0 Å². The van der Waals surface area contributed by atoms with Crippen molar-refractivity contribution in [1.29, 1.82) is 0 Å². The van der Waals surface area contributed by atoms with Crippen LogP contribution >= 0.6 is 0 Å². The monoisotopic (exact) mass is 586 g/mol. The average Bonchev–Trinajstić information content (AvgIpc) is 2.84. The minimum absolute atomic E-state index is 0.0835. The molecule has 182 valence electrons. The number of nitrogens with zero attached hydrogens (tertiary/aromatic N) is 2. The molecule has 0 radical (unpaired) electrons. The first kappa shape index (κ1) is 27.1. The predicted molar refractivity (Wildman–Crippen MR) is 120 cm³/mol. The second-order valence-electron chi connectivity index (χ2n) is 7.91. The van der Waals surface area contributed by atoms with Gasteiger partial charge in [0.25, 0.3) is 0 Å². The summed E-state index contributed by atoms with van der Waals surface area (Å²) in [5.41, 5.74) is 12.3. The number of likely N-dealkylation sites (tertiary alicyclic amines) is 2. The van der Waals surface area contributed by atoms with Crippen molar-refractivity contribution in [2.24, 2.45) is 11.5 Å². The molecule has 2 saturated heterocycles. The number of hydrogen-bond acceptors (Lipinski definition) is 8. The van der Waals surface area contributed by atoms with E-state index in [0.29, 0.717) is 36.6 Å². The quantitative estimate of drug-likeness (QED) is 0.198. The van der Waals surface area contributed by atoms with Gasteiger partial charge in [0.2, 0.25) is 0 Å². The first-order valence-electron chi connectivity index (χ1n) is 10.8. The molecule has 12 heteroatoms. The van der Waals surface area contributed by atoms with Crippen molar-refractivity contribution in [3.63, 3.8) is 0 Å². The van der Waals surface area contributed by atoms with E-state index in [-0.39, 0.29) is 38.1 Å². The Morgan fingerprint density at radius 2 is 1.16 bits per heavy atom. The molecule has 0 unspecified atom stereocenters. The second-order valence-corrected chi connectivity index (χ2v) is 15.4. The number of carbonyl (C=O) groups is 4. The van der Waals surface area contributed by atoms with Gasteiger partial charge in [0.1, 0.15) is 0 Å². The van der Waals surface area contributed by atoms with Crippen molar-refractivity contribution in [1.82, 2.24) is 9.80 Å². The zero-order chi connectivity index (χ0) is 23.7. The van der Waals surface area contributed by atoms with Gasteiger partial charge >= 0.3 is 201 Å². The van der Waals surface area contributed by atoms with Crippen LogP contribution in [0.2, 0.25) is 10.6 Å². The van der Waals surface area contributed by atoms with E-state index in [4.69, 9.17) is 20.9 Å². The summed E-state index contributed by atoms with van der Waals surface area (Å²) in [6, 6.07) is -2.44. The van der Waals surface area contributed by atoms with Crippen molar-refractivity contribution in [3.8, 4) is 0 Å². The molecule has 2 fully saturated rings. The van der Waals surface area contributed by atoms with Crippen LogP contribution in [-0.2, 0) is 28.7 Å². The summed E-state index contributed by atoms with van der Waals surface area (Å²) in [7, 11) is 2.65. The van der Waals surface area contributed by atoms with Crippen molar-refractivity contribution >= 4 is 50.0 Å². The van der Waals surface area contributed by atoms with Gasteiger partial charge in [-0.05, 0) is 0 Å². The van der Waals surface area contributed by atoms with E-state index in [2.05, 4.69) is 0 Å². The number of ether oxygens (including phenoxy) is 2. The summed E-state index contributed by atoms with van der Waals surface area (Å²) in [6.45, 7) is 1.03. The zero-order valence-corrected chi connectivity index (χ0v) is 22.1. The Kier molecular flexibility index (Phi) is 11.4. The fraction of sp³-hybridized carbons (Fsp3) is 0.800. The van der Waals surface area contributed by atoms with Crippen molar-refractivity contribution in [3.05, 3.63) is 0 Å². The fourth-order valence-corrected chi connectivity index (χ4v) is 10.9. The van der Waals surface area contributed by atoms with Crippen molar-refractivity contribution in [2.45, 2.75) is 73.3 Å². The molecule has 32 heavy (non-hydrogen) atoms. The zero-order valence-electron chi connectivity index (χ0n) is 18.7. The van der Waals surface area contributed by atoms with Gasteiger partial charge in [0.15, 0.2) is 0 Å². The Morgan fingerprint density at radius 1 is 0.781 bits per heavy atom. The Balaban J connectivity index is 1.79. The average molecular weight is 584 g/mol. The number of amides is 2. The molecule has 0 saturated carbocycles. The molecule has 2 aliphatic rings. The van der Waals surface area contributed by atoms with Crippen LogP contribution in [0.15, 0.2) is 0 Å². The van der Waals surface area contributed by atoms with E-state index >= 15 is 0 Å². The van der Waals surface area contributed by atoms with E-state index in [9.17, 15) is 19.2 Å². The molecule has 2 aliphatic heterocycles. The van der Waals surface area contributed by atoms with Gasteiger partial charge in [0, 0.05) is 0 Å². The molecule has 10 nitrogen and oxygen atoms in total. The van der Waals surface area contributed by atoms with E-state index in [1.165, 1.54) is 14.2 Å². The van der Waals surface area contributed by atoms with Crippen LogP contribution in [0.25, 0.3) is 0 Å². The molecule has 0 aromatic rings. The number of methoxy groups -OCH3 is 2. The van der Waals surface area contributed by atoms with Crippen molar-refractivity contribution in [2.75, 3.05) is 27.3 Å². The van der Waals surface area contributed by atoms with Crippen LogP contribution in [0.4, 0.5) is 0 Å². The molecule has 4 atom stereocenters. The van der Waals surface area contributed by atoms with Gasteiger partial charge < -0.3 is 0 Å². The van der Waals surface area contributed by atoms with Crippen LogP contribution in [0.1, 0.15) is 38.5 Å². The third-order valence-electron chi connectivity index (χ3n) is 5.73. The standard InChI is InChI=1S/C20H34N4O6Se2/c1-29-19(27)15-7-3-5-9-23(15)17(25)13(21)11-31-32-12-14(22)18(26)24-10-6-4-8-16(24)20(28)30-2/h13-16H,3-12,21-22H2,1-2H3/t13-,14-,15-,16-/m0/s1. The molecule has 0 aromatic heterocycles. The summed E-state index contributed by atoms with van der Waals surface area (Å²) < 4.78 is 9.66. The summed E-state index contributed by atoms with van der Waals surface area (Å²) >= 11 is 0.167. The first-order chi connectivity index (χ1) is 15.3. The van der Waals surface area contributed by atoms with Gasteiger partial charge in [-0.15, -0.1) is 0 Å². The Morgan fingerprint density at radius 3 is 1.50 bits per heavy atom. The summed E-state index contributed by atoms with van der Waals surface area (Å²) in [4.78, 5) is 52.7. The van der Waals surface area contributed by atoms with Crippen LogP contribution in [0.3, 0.4) is 0 Å². The molecule has 2 rings (SSSR count). The topological polar surface area (TPSA) is 145 Å². The maximum absolute atomic E-state index is 12.8. The molecule has 2 amide bonds. The second kappa shape index (κ2) is 13.5. The van der Waals surface area contributed by atoms with Crippen molar-refractivity contribution < 1.29 is 28.7 Å². The minimum atomic E-state index is -0.667. The molecule has 0 bridgehead atoms. The van der Waals surface area contributed by atoms with Gasteiger partial charge in [-0.25, -0.2) is 0 Å². The summed E-state index contributed by atoms with van der Waals surface area (Å²) in [6.07, 6.45) is 4.65. The number of esters is 2. The molecular weight excluding hydrogens is 550 g/mol. The van der Waals surface area contributed by atoms with E-state index in [1.54, 1.807) is 9.80 Å². The van der Waals surface area contributed by atoms with Crippen LogP contribution in [0, 0.1) is 0 Å². The van der Waals surface area contributed by atoms with Crippen LogP contribution in [0.5, 0.6) is 0 Å². The third kappa shape index (κ3) is 7.17. The van der Waals surface area contributed by atoms with Gasteiger partial charge in [-0.2, -0.15) is 0 Å². The summed E-state index contributed by atoms with van der Waals surface area (Å²) in [5, 5.41) is 1.07. The molecule has 4 N–H and O–H groups in total. The Hall–Kier alpha value is -1.16. The van der Waals surface area contributed by atoms with Crippen LogP contribution in [-0.4, -0.2) is 111 Å². The first-order valence-corrected chi connectivity index (χ1v) is 17.6. The van der Waals surface area contributed by atoms with Gasteiger partial charge in [-0.3, -0.25) is 0 Å². The number of piperidine rings is 2. The number of carbonyl (C=O) groups excluding carboxylic acids is 4. The Labute approximate surface area is 200 Å². The molecule has 0 aliphatic carbocycles. The Bertz CT molecular complexity index is 626. The van der Waals surface area contributed by atoms with E-state index in [0.717, 1.165) is 25.7 Å². The van der Waals surface area contributed by atoms with Gasteiger partial charge in [0.05, 0.1) is 0 Å². The number of nitrogens with two attached hydrogens (primary N) is 2. The van der Waals surface area contributed by atoms with E-state index < -0.39 is 36.1 Å². The molecule has 2 heterocycles. The molecule has 0 spiro atoms. The van der Waals surface area contributed by atoms with E-state index in [1.807, 2.05) is 0 Å². The SMILES string of the molecule is COC(=O)[C@@H]1CCCCN1C(=O)[C@@H](N)C[Se][Se]C[C@H](N)C(=O)N1CCCC[C@H]1C(=O)OC. The molecular formula is C20H34N4O6Se2. The summed E-state index contributed by atoms with van der Waals surface area (Å²) in [5.74, 6) is -1.22. The predicted octanol–water partition coefficient (Wildman–Crippen LogP) is -1.09. The fourth-order valence-electron chi connectivity index (χ4n) is 3.96.